The van der Waals surface area contributed by atoms with E-state index in [4.69, 9.17) is 9.84 Å². The van der Waals surface area contributed by atoms with E-state index in [9.17, 15) is 14.7 Å². The second kappa shape index (κ2) is 9.17. The minimum Gasteiger partial charge on any atom is -0.480 e. The molecule has 0 unspecified atom stereocenters. The predicted molar refractivity (Wildman–Crippen MR) is 137 cm³/mol. The maximum Gasteiger partial charge on any atom is 0.410 e. The van der Waals surface area contributed by atoms with Gasteiger partial charge in [-0.1, -0.05) is 12.1 Å². The number of amides is 1. The lowest BCUT2D eigenvalue weighted by Crippen LogP contribution is -2.41. The number of likely N-dealkylation sites (tertiary alicyclic amines) is 1. The van der Waals surface area contributed by atoms with Crippen molar-refractivity contribution in [3.8, 4) is 11.1 Å². The number of hydrogen-bond acceptors (Lipinski definition) is 5. The number of carboxylic acids is 1. The monoisotopic (exact) mass is 507 g/mol. The van der Waals surface area contributed by atoms with Gasteiger partial charge in [-0.2, -0.15) is 10.2 Å². The van der Waals surface area contributed by atoms with Gasteiger partial charge in [0.05, 0.1) is 16.7 Å². The Morgan fingerprint density at radius 2 is 1.86 bits per heavy atom. The summed E-state index contributed by atoms with van der Waals surface area (Å²) in [6.07, 6.45) is 2.68. The van der Waals surface area contributed by atoms with Crippen LogP contribution in [0.15, 0.2) is 36.5 Å². The van der Waals surface area contributed by atoms with Crippen LogP contribution in [0.1, 0.15) is 45.2 Å². The van der Waals surface area contributed by atoms with E-state index in [1.54, 1.807) is 35.0 Å². The fourth-order valence-corrected chi connectivity index (χ4v) is 5.05. The van der Waals surface area contributed by atoms with Crippen LogP contribution in [0.2, 0.25) is 0 Å². The first-order valence-corrected chi connectivity index (χ1v) is 12.3. The zero-order chi connectivity index (χ0) is 26.5. The van der Waals surface area contributed by atoms with Gasteiger partial charge in [0.1, 0.15) is 18.0 Å². The van der Waals surface area contributed by atoms with Crippen molar-refractivity contribution in [3.63, 3.8) is 0 Å². The summed E-state index contributed by atoms with van der Waals surface area (Å²) in [6.45, 7) is 6.18. The van der Waals surface area contributed by atoms with Gasteiger partial charge in [-0.15, -0.1) is 0 Å². The summed E-state index contributed by atoms with van der Waals surface area (Å²) in [4.78, 5) is 25.8. The van der Waals surface area contributed by atoms with Gasteiger partial charge in [0.15, 0.2) is 0 Å². The molecule has 37 heavy (non-hydrogen) atoms. The van der Waals surface area contributed by atoms with Gasteiger partial charge in [0.2, 0.25) is 0 Å². The zero-order valence-electron chi connectivity index (χ0n) is 21.4. The van der Waals surface area contributed by atoms with Crippen LogP contribution in [0.4, 0.5) is 9.18 Å². The lowest BCUT2D eigenvalue weighted by Gasteiger charge is -2.33. The fraction of sp³-hybridized carbons (Fsp3) is 0.407. The molecule has 1 aliphatic rings. The number of aliphatic carboxylic acids is 1. The molecular weight excluding hydrogens is 477 g/mol. The van der Waals surface area contributed by atoms with Gasteiger partial charge in [-0.25, -0.2) is 9.18 Å². The Kier molecular flexibility index (Phi) is 6.13. The van der Waals surface area contributed by atoms with Gasteiger partial charge < -0.3 is 14.7 Å². The molecule has 1 aliphatic heterocycles. The first-order valence-electron chi connectivity index (χ1n) is 12.3. The summed E-state index contributed by atoms with van der Waals surface area (Å²) in [5, 5.41) is 20.1. The summed E-state index contributed by atoms with van der Waals surface area (Å²) in [5.74, 6) is -1.43. The lowest BCUT2D eigenvalue weighted by atomic mass is 9.89. The average molecular weight is 508 g/mol. The van der Waals surface area contributed by atoms with Crippen molar-refractivity contribution in [2.24, 2.45) is 7.05 Å². The molecule has 0 atom stereocenters. The number of carbonyl (C=O) groups excluding carboxylic acids is 1. The third kappa shape index (κ3) is 4.87. The van der Waals surface area contributed by atoms with Crippen LogP contribution >= 0.6 is 0 Å². The van der Waals surface area contributed by atoms with E-state index in [-0.39, 0.29) is 24.4 Å². The first kappa shape index (κ1) is 24.7. The maximum absolute atomic E-state index is 15.4. The van der Waals surface area contributed by atoms with Crippen molar-refractivity contribution in [1.82, 2.24) is 24.5 Å². The number of halogens is 1. The lowest BCUT2D eigenvalue weighted by molar-refractivity contribution is -0.137. The number of carboxylic acid groups (broad SMARTS) is 1. The molecule has 2 aromatic carbocycles. The van der Waals surface area contributed by atoms with Crippen molar-refractivity contribution in [2.45, 2.75) is 51.7 Å². The molecule has 4 aromatic rings. The number of hydrogen-bond donors (Lipinski definition) is 1. The van der Waals surface area contributed by atoms with Crippen LogP contribution in [0.5, 0.6) is 0 Å². The second-order valence-corrected chi connectivity index (χ2v) is 10.6. The number of aromatic nitrogens is 4. The van der Waals surface area contributed by atoms with Gasteiger partial charge in [0, 0.05) is 48.6 Å². The van der Waals surface area contributed by atoms with Crippen LogP contribution in [0, 0.1) is 5.82 Å². The van der Waals surface area contributed by atoms with Crippen LogP contribution in [-0.4, -0.2) is 60.3 Å². The molecule has 2 aromatic heterocycles. The number of ether oxygens (including phenoxy) is 1. The first-order chi connectivity index (χ1) is 17.5. The molecule has 0 radical (unpaired) electrons. The Hall–Kier alpha value is -3.95. The zero-order valence-corrected chi connectivity index (χ0v) is 21.4. The second-order valence-electron chi connectivity index (χ2n) is 10.6. The van der Waals surface area contributed by atoms with Crippen LogP contribution in [0.3, 0.4) is 0 Å². The van der Waals surface area contributed by atoms with E-state index in [2.05, 4.69) is 5.10 Å². The Bertz CT molecular complexity index is 1510. The van der Waals surface area contributed by atoms with E-state index >= 15 is 4.39 Å². The number of rotatable bonds is 4. The molecule has 0 aliphatic carbocycles. The van der Waals surface area contributed by atoms with E-state index in [0.29, 0.717) is 53.5 Å². The summed E-state index contributed by atoms with van der Waals surface area (Å²) in [5.41, 5.74) is 2.47. The van der Waals surface area contributed by atoms with E-state index in [0.717, 1.165) is 11.1 Å². The summed E-state index contributed by atoms with van der Waals surface area (Å²) < 4.78 is 24.0. The van der Waals surface area contributed by atoms with Crippen molar-refractivity contribution < 1.29 is 23.8 Å². The number of benzene rings is 2. The van der Waals surface area contributed by atoms with E-state index in [1.807, 2.05) is 32.9 Å². The molecule has 0 bridgehead atoms. The van der Waals surface area contributed by atoms with E-state index in [1.165, 1.54) is 10.7 Å². The number of nitrogens with zero attached hydrogens (tertiary/aromatic N) is 5. The van der Waals surface area contributed by atoms with Crippen molar-refractivity contribution in [3.05, 3.63) is 48.0 Å². The van der Waals surface area contributed by atoms with Crippen LogP contribution in [-0.2, 0) is 23.1 Å². The fourth-order valence-electron chi connectivity index (χ4n) is 5.05. The molecule has 10 heteroatoms. The number of aryl methyl sites for hydroxylation is 1. The Balaban J connectivity index is 1.56. The molecule has 3 heterocycles. The van der Waals surface area contributed by atoms with Gasteiger partial charge in [0.25, 0.3) is 0 Å². The Morgan fingerprint density at radius 3 is 2.54 bits per heavy atom. The quantitative estimate of drug-likeness (QED) is 0.420. The number of fused-ring (bicyclic) bond motifs is 2. The van der Waals surface area contributed by atoms with Gasteiger partial charge in [-0.3, -0.25) is 14.2 Å². The topological polar surface area (TPSA) is 102 Å². The molecule has 1 fully saturated rings. The average Bonchev–Trinajstić information content (AvgIpc) is 3.36. The summed E-state index contributed by atoms with van der Waals surface area (Å²) in [7, 11) is 1.79. The molecule has 0 saturated carbocycles. The molecule has 1 amide bonds. The molecule has 1 N–H and O–H groups in total. The molecule has 0 spiro atoms. The minimum atomic E-state index is -1.01. The molecule has 5 rings (SSSR count). The summed E-state index contributed by atoms with van der Waals surface area (Å²) >= 11 is 0. The van der Waals surface area contributed by atoms with Crippen molar-refractivity contribution >= 4 is 33.9 Å². The van der Waals surface area contributed by atoms with Crippen LogP contribution in [0.25, 0.3) is 32.9 Å². The highest BCUT2D eigenvalue weighted by Crippen LogP contribution is 2.39. The normalized spacial score (nSPS) is 15.0. The van der Waals surface area contributed by atoms with Gasteiger partial charge >= 0.3 is 12.1 Å². The Labute approximate surface area is 213 Å². The summed E-state index contributed by atoms with van der Waals surface area (Å²) in [6, 6.07) is 8.63. The number of carbonyl (C=O) groups is 2. The number of piperidine rings is 1. The highest BCUT2D eigenvalue weighted by atomic mass is 19.1. The van der Waals surface area contributed by atoms with Crippen LogP contribution < -0.4 is 0 Å². The third-order valence-electron chi connectivity index (χ3n) is 6.62. The molecule has 9 nitrogen and oxygen atoms in total. The predicted octanol–water partition coefficient (Wildman–Crippen LogP) is 4.93. The minimum absolute atomic E-state index is 0.0287. The van der Waals surface area contributed by atoms with Gasteiger partial charge in [-0.05, 0) is 57.4 Å². The Morgan fingerprint density at radius 1 is 1.14 bits per heavy atom. The smallest absolute Gasteiger partial charge is 0.410 e. The van der Waals surface area contributed by atoms with Crippen molar-refractivity contribution in [1.29, 1.82) is 0 Å². The highest BCUT2D eigenvalue weighted by molar-refractivity contribution is 5.99. The highest BCUT2D eigenvalue weighted by Gasteiger charge is 2.31. The van der Waals surface area contributed by atoms with Crippen molar-refractivity contribution in [2.75, 3.05) is 13.1 Å². The molecule has 194 valence electrons. The third-order valence-corrected chi connectivity index (χ3v) is 6.62. The SMILES string of the molecule is Cn1cc2cc(F)c(-c3cccc4c3c(C3CCN(C(=O)OC(C)(C)C)CC3)nn4CC(=O)O)cc2n1. The molecule has 1 saturated heterocycles. The molecular formula is C27H30FN5O4. The van der Waals surface area contributed by atoms with E-state index < -0.39 is 11.6 Å². The largest absolute Gasteiger partial charge is 0.480 e. The standard InChI is InChI=1S/C27H30FN5O4/c1-27(2,3)37-26(36)32-10-8-16(9-11-32)25-24-18(6-5-7-22(24)33(30-25)15-23(34)35)19-13-21-17(12-20(19)28)14-31(4)29-21/h5-7,12-14,16H,8-11,15H2,1-4H3,(H,34,35). The maximum atomic E-state index is 15.4.